The number of hydrogen-bond donors (Lipinski definition) is 0. The molecule has 2 atom stereocenters. The maximum atomic E-state index is 2.48. The average molecular weight is 222 g/mol. The molecule has 0 saturated carbocycles. The zero-order chi connectivity index (χ0) is 11.5. The van der Waals surface area contributed by atoms with Crippen LogP contribution in [0.4, 0.5) is 0 Å². The fourth-order valence-corrected chi connectivity index (χ4v) is 2.85. The maximum absolute atomic E-state index is 2.48. The van der Waals surface area contributed by atoms with Crippen LogP contribution in [0.5, 0.6) is 0 Å². The molecule has 0 amide bonds. The Kier molecular flexibility index (Phi) is 2.96. The molecule has 0 N–H and O–H groups in total. The normalized spacial score (nSPS) is 27.2. The predicted molar refractivity (Wildman–Crippen MR) is 73.5 cm³/mol. The lowest BCUT2D eigenvalue weighted by Gasteiger charge is -2.24. The predicted octanol–water partition coefficient (Wildman–Crippen LogP) is 4.61. The van der Waals surface area contributed by atoms with E-state index in [2.05, 4.69) is 60.7 Å². The van der Waals surface area contributed by atoms with Crippen LogP contribution in [0, 0.1) is 11.8 Å². The molecule has 2 aliphatic rings. The lowest BCUT2D eigenvalue weighted by atomic mass is 9.81. The maximum Gasteiger partial charge on any atom is -0.0155 e. The molecule has 86 valence electrons. The molecule has 0 heterocycles. The SMILES string of the molecule is C1=CC[C@H]2C=C(c3ccccc3)C=CC[C@H]2C1. The van der Waals surface area contributed by atoms with Crippen molar-refractivity contribution in [1.29, 1.82) is 0 Å². The molecule has 0 radical (unpaired) electrons. The van der Waals surface area contributed by atoms with Gasteiger partial charge in [0.25, 0.3) is 0 Å². The highest BCUT2D eigenvalue weighted by Crippen LogP contribution is 2.34. The monoisotopic (exact) mass is 222 g/mol. The van der Waals surface area contributed by atoms with Gasteiger partial charge in [0.05, 0.1) is 0 Å². The summed E-state index contributed by atoms with van der Waals surface area (Å²) in [4.78, 5) is 0. The summed E-state index contributed by atoms with van der Waals surface area (Å²) in [5.74, 6) is 1.54. The first-order valence-electron chi connectivity index (χ1n) is 6.52. The molecule has 1 aromatic rings. The van der Waals surface area contributed by atoms with Gasteiger partial charge in [-0.25, -0.2) is 0 Å². The van der Waals surface area contributed by atoms with Gasteiger partial charge in [-0.05, 0) is 42.2 Å². The number of fused-ring (bicyclic) bond motifs is 1. The van der Waals surface area contributed by atoms with Crippen molar-refractivity contribution in [2.75, 3.05) is 0 Å². The van der Waals surface area contributed by atoms with Crippen LogP contribution in [0.1, 0.15) is 24.8 Å². The Hall–Kier alpha value is -1.56. The second-order valence-corrected chi connectivity index (χ2v) is 4.99. The van der Waals surface area contributed by atoms with Crippen LogP contribution in [0.2, 0.25) is 0 Å². The highest BCUT2D eigenvalue weighted by atomic mass is 14.3. The molecule has 2 aliphatic carbocycles. The third-order valence-corrected chi connectivity index (χ3v) is 3.86. The quantitative estimate of drug-likeness (QED) is 0.608. The van der Waals surface area contributed by atoms with Crippen LogP contribution in [-0.4, -0.2) is 0 Å². The van der Waals surface area contributed by atoms with Crippen LogP contribution in [0.15, 0.2) is 60.7 Å². The molecule has 0 fully saturated rings. The van der Waals surface area contributed by atoms with Crippen molar-refractivity contribution in [3.8, 4) is 0 Å². The summed E-state index contributed by atoms with van der Waals surface area (Å²) in [6, 6.07) is 10.7. The lowest BCUT2D eigenvalue weighted by molar-refractivity contribution is 0.392. The van der Waals surface area contributed by atoms with E-state index in [9.17, 15) is 0 Å². The Morgan fingerprint density at radius 1 is 0.824 bits per heavy atom. The number of allylic oxidation sites excluding steroid dienone is 6. The summed E-state index contributed by atoms with van der Waals surface area (Å²) in [5.41, 5.74) is 2.74. The smallest absolute Gasteiger partial charge is 0.0155 e. The van der Waals surface area contributed by atoms with Gasteiger partial charge in [-0.2, -0.15) is 0 Å². The van der Waals surface area contributed by atoms with E-state index >= 15 is 0 Å². The van der Waals surface area contributed by atoms with Crippen LogP contribution >= 0.6 is 0 Å². The van der Waals surface area contributed by atoms with Crippen LogP contribution < -0.4 is 0 Å². The van der Waals surface area contributed by atoms with Crippen LogP contribution in [-0.2, 0) is 0 Å². The molecule has 17 heavy (non-hydrogen) atoms. The molecule has 0 aliphatic heterocycles. The Labute approximate surface area is 103 Å². The minimum Gasteiger partial charge on any atom is -0.0882 e. The molecule has 0 aromatic heterocycles. The van der Waals surface area contributed by atoms with Crippen molar-refractivity contribution in [2.24, 2.45) is 11.8 Å². The van der Waals surface area contributed by atoms with E-state index in [4.69, 9.17) is 0 Å². The Bertz CT molecular complexity index is 462. The third-order valence-electron chi connectivity index (χ3n) is 3.86. The van der Waals surface area contributed by atoms with E-state index in [0.717, 1.165) is 11.8 Å². The largest absolute Gasteiger partial charge is 0.0882 e. The van der Waals surface area contributed by atoms with Crippen molar-refractivity contribution in [3.63, 3.8) is 0 Å². The molecular formula is C17H18. The van der Waals surface area contributed by atoms with Crippen LogP contribution in [0.25, 0.3) is 5.57 Å². The number of benzene rings is 1. The van der Waals surface area contributed by atoms with Crippen molar-refractivity contribution in [1.82, 2.24) is 0 Å². The lowest BCUT2D eigenvalue weighted by Crippen LogP contribution is -2.13. The van der Waals surface area contributed by atoms with Gasteiger partial charge >= 0.3 is 0 Å². The summed E-state index contributed by atoms with van der Waals surface area (Å²) in [5, 5.41) is 0. The second-order valence-electron chi connectivity index (χ2n) is 4.99. The summed E-state index contributed by atoms with van der Waals surface area (Å²) in [6.45, 7) is 0. The van der Waals surface area contributed by atoms with E-state index in [1.807, 2.05) is 0 Å². The molecule has 1 aromatic carbocycles. The molecule has 0 unspecified atom stereocenters. The first kappa shape index (κ1) is 10.6. The minimum absolute atomic E-state index is 0.727. The van der Waals surface area contributed by atoms with Gasteiger partial charge in [-0.15, -0.1) is 0 Å². The van der Waals surface area contributed by atoms with E-state index < -0.39 is 0 Å². The van der Waals surface area contributed by atoms with Crippen molar-refractivity contribution >= 4 is 5.57 Å². The van der Waals surface area contributed by atoms with E-state index in [0.29, 0.717) is 0 Å². The fourth-order valence-electron chi connectivity index (χ4n) is 2.85. The van der Waals surface area contributed by atoms with Gasteiger partial charge in [0.15, 0.2) is 0 Å². The first-order chi connectivity index (χ1) is 8.43. The van der Waals surface area contributed by atoms with Crippen molar-refractivity contribution in [3.05, 3.63) is 66.3 Å². The fraction of sp³-hybridized carbons (Fsp3) is 0.294. The molecule has 0 saturated heterocycles. The zero-order valence-electron chi connectivity index (χ0n) is 10.0. The van der Waals surface area contributed by atoms with Crippen molar-refractivity contribution in [2.45, 2.75) is 19.3 Å². The highest BCUT2D eigenvalue weighted by molar-refractivity contribution is 5.74. The average Bonchev–Trinajstić information content (AvgIpc) is 2.62. The minimum atomic E-state index is 0.727. The molecule has 0 spiro atoms. The second kappa shape index (κ2) is 4.75. The molecular weight excluding hydrogens is 204 g/mol. The molecule has 0 bridgehead atoms. The summed E-state index contributed by atoms with van der Waals surface area (Å²) >= 11 is 0. The third kappa shape index (κ3) is 2.26. The molecule has 0 nitrogen and oxygen atoms in total. The van der Waals surface area contributed by atoms with Gasteiger partial charge in [0.2, 0.25) is 0 Å². The molecule has 0 heteroatoms. The van der Waals surface area contributed by atoms with Gasteiger partial charge in [0.1, 0.15) is 0 Å². The Morgan fingerprint density at radius 3 is 2.47 bits per heavy atom. The summed E-state index contributed by atoms with van der Waals surface area (Å²) in [7, 11) is 0. The first-order valence-corrected chi connectivity index (χ1v) is 6.52. The summed E-state index contributed by atoms with van der Waals surface area (Å²) < 4.78 is 0. The topological polar surface area (TPSA) is 0 Å². The number of hydrogen-bond acceptors (Lipinski definition) is 0. The molecule has 3 rings (SSSR count). The van der Waals surface area contributed by atoms with Crippen LogP contribution in [0.3, 0.4) is 0 Å². The standard InChI is InChI=1S/C17H18/c1-2-7-14(8-3-1)17-12-6-11-15-9-4-5-10-16(15)13-17/h1-8,12-13,15-16H,9-11H2/t15-,16+/m1/s1. The summed E-state index contributed by atoms with van der Waals surface area (Å²) in [6.07, 6.45) is 15.5. The van der Waals surface area contributed by atoms with Gasteiger partial charge < -0.3 is 0 Å². The van der Waals surface area contributed by atoms with E-state index in [1.165, 1.54) is 30.4 Å². The highest BCUT2D eigenvalue weighted by Gasteiger charge is 2.21. The number of rotatable bonds is 1. The van der Waals surface area contributed by atoms with Gasteiger partial charge in [-0.3, -0.25) is 0 Å². The van der Waals surface area contributed by atoms with Crippen molar-refractivity contribution < 1.29 is 0 Å². The van der Waals surface area contributed by atoms with Gasteiger partial charge in [-0.1, -0.05) is 60.7 Å². The Balaban J connectivity index is 1.94. The van der Waals surface area contributed by atoms with E-state index in [1.54, 1.807) is 0 Å². The Morgan fingerprint density at radius 2 is 1.59 bits per heavy atom. The van der Waals surface area contributed by atoms with E-state index in [-0.39, 0.29) is 0 Å². The zero-order valence-corrected chi connectivity index (χ0v) is 10.0. The van der Waals surface area contributed by atoms with Gasteiger partial charge in [0, 0.05) is 0 Å².